The Bertz CT molecular complexity index is 795. The van der Waals surface area contributed by atoms with Gasteiger partial charge in [0, 0.05) is 24.9 Å². The smallest absolute Gasteiger partial charge is 0.312 e. The van der Waals surface area contributed by atoms with Crippen LogP contribution in [0.2, 0.25) is 0 Å². The Hall–Kier alpha value is -2.34. The van der Waals surface area contributed by atoms with Crippen molar-refractivity contribution in [1.82, 2.24) is 9.78 Å². The summed E-state index contributed by atoms with van der Waals surface area (Å²) < 4.78 is 18.9. The Kier molecular flexibility index (Phi) is 5.16. The number of aryl methyl sites for hydroxylation is 1. The molecule has 2 aliphatic rings. The third-order valence-corrected chi connectivity index (χ3v) is 5.46. The van der Waals surface area contributed by atoms with Gasteiger partial charge in [-0.3, -0.25) is 9.48 Å². The molecule has 6 heteroatoms. The minimum Gasteiger partial charge on any atom is -0.493 e. The van der Waals surface area contributed by atoms with Crippen molar-refractivity contribution in [3.05, 3.63) is 47.3 Å². The van der Waals surface area contributed by atoms with E-state index in [1.165, 1.54) is 12.8 Å². The van der Waals surface area contributed by atoms with Gasteiger partial charge in [-0.15, -0.1) is 0 Å². The number of hydrogen-bond donors (Lipinski definition) is 0. The molecule has 0 radical (unpaired) electrons. The fraction of sp³-hybridized carbons (Fsp3) is 0.524. The predicted molar refractivity (Wildman–Crippen MR) is 99.2 cm³/mol. The molecule has 2 atom stereocenters. The number of esters is 1. The van der Waals surface area contributed by atoms with Crippen LogP contribution < -0.4 is 4.74 Å². The number of nitrogens with zero attached hydrogens (tertiary/aromatic N) is 2. The first-order chi connectivity index (χ1) is 13.1. The van der Waals surface area contributed by atoms with E-state index in [0.29, 0.717) is 13.0 Å². The third kappa shape index (κ3) is 4.16. The number of benzene rings is 1. The topological polar surface area (TPSA) is 62.6 Å². The van der Waals surface area contributed by atoms with Gasteiger partial charge in [0.15, 0.2) is 0 Å². The Morgan fingerprint density at radius 1 is 1.26 bits per heavy atom. The van der Waals surface area contributed by atoms with E-state index in [1.54, 1.807) is 10.9 Å². The van der Waals surface area contributed by atoms with Crippen molar-refractivity contribution in [3.8, 4) is 5.75 Å². The Morgan fingerprint density at radius 2 is 2.04 bits per heavy atom. The summed E-state index contributed by atoms with van der Waals surface area (Å²) in [6, 6.07) is 7.77. The SMILES string of the molecule is Cc1c([C@H]2OCC[C@@H]2C(=O)OCc2ccc(OCC3CC3)cc2)cnn1C. The average molecular weight is 370 g/mol. The molecule has 0 amide bonds. The highest BCUT2D eigenvalue weighted by Gasteiger charge is 2.38. The van der Waals surface area contributed by atoms with Gasteiger partial charge in [-0.25, -0.2) is 0 Å². The van der Waals surface area contributed by atoms with Gasteiger partial charge < -0.3 is 14.2 Å². The molecule has 0 bridgehead atoms. The Morgan fingerprint density at radius 3 is 2.70 bits per heavy atom. The van der Waals surface area contributed by atoms with Crippen LogP contribution >= 0.6 is 0 Å². The second-order valence-corrected chi connectivity index (χ2v) is 7.50. The molecule has 2 fully saturated rings. The molecular weight excluding hydrogens is 344 g/mol. The molecule has 1 saturated carbocycles. The van der Waals surface area contributed by atoms with Crippen LogP contribution in [-0.4, -0.2) is 29.0 Å². The molecule has 1 saturated heterocycles. The van der Waals surface area contributed by atoms with Crippen LogP contribution in [-0.2, 0) is 27.9 Å². The highest BCUT2D eigenvalue weighted by molar-refractivity contribution is 5.74. The van der Waals surface area contributed by atoms with Gasteiger partial charge in [-0.1, -0.05) is 12.1 Å². The van der Waals surface area contributed by atoms with Crippen LogP contribution in [0.4, 0.5) is 0 Å². The first-order valence-electron chi connectivity index (χ1n) is 9.60. The van der Waals surface area contributed by atoms with Crippen LogP contribution in [0.5, 0.6) is 5.75 Å². The molecule has 1 aromatic heterocycles. The predicted octanol–water partition coefficient (Wildman–Crippen LogP) is 3.34. The van der Waals surface area contributed by atoms with Crippen molar-refractivity contribution in [2.24, 2.45) is 18.9 Å². The van der Waals surface area contributed by atoms with Gasteiger partial charge >= 0.3 is 5.97 Å². The monoisotopic (exact) mass is 370 g/mol. The molecule has 2 heterocycles. The zero-order chi connectivity index (χ0) is 18.8. The second kappa shape index (κ2) is 7.72. The summed E-state index contributed by atoms with van der Waals surface area (Å²) >= 11 is 0. The molecule has 144 valence electrons. The van der Waals surface area contributed by atoms with E-state index in [1.807, 2.05) is 38.2 Å². The third-order valence-electron chi connectivity index (χ3n) is 5.46. The van der Waals surface area contributed by atoms with E-state index >= 15 is 0 Å². The van der Waals surface area contributed by atoms with Gasteiger partial charge in [0.25, 0.3) is 0 Å². The van der Waals surface area contributed by atoms with Gasteiger partial charge in [0.1, 0.15) is 12.4 Å². The number of carbonyl (C=O) groups is 1. The van der Waals surface area contributed by atoms with Crippen LogP contribution in [0.25, 0.3) is 0 Å². The van der Waals surface area contributed by atoms with E-state index in [2.05, 4.69) is 5.10 Å². The Labute approximate surface area is 159 Å². The first kappa shape index (κ1) is 18.0. The largest absolute Gasteiger partial charge is 0.493 e. The lowest BCUT2D eigenvalue weighted by molar-refractivity contribution is -0.151. The van der Waals surface area contributed by atoms with Crippen LogP contribution in [0.1, 0.15) is 42.2 Å². The zero-order valence-corrected chi connectivity index (χ0v) is 15.9. The molecule has 1 aliphatic heterocycles. The van der Waals surface area contributed by atoms with Crippen molar-refractivity contribution in [1.29, 1.82) is 0 Å². The maximum Gasteiger partial charge on any atom is 0.312 e. The lowest BCUT2D eigenvalue weighted by Gasteiger charge is -2.17. The summed E-state index contributed by atoms with van der Waals surface area (Å²) in [5.41, 5.74) is 2.94. The van der Waals surface area contributed by atoms with E-state index in [-0.39, 0.29) is 24.6 Å². The molecule has 0 spiro atoms. The second-order valence-electron chi connectivity index (χ2n) is 7.50. The summed E-state index contributed by atoms with van der Waals surface area (Å²) in [5.74, 6) is 1.10. The number of hydrogen-bond acceptors (Lipinski definition) is 5. The summed E-state index contributed by atoms with van der Waals surface area (Å²) in [7, 11) is 1.89. The number of carbonyl (C=O) groups excluding carboxylic acids is 1. The Balaban J connectivity index is 1.32. The van der Waals surface area contributed by atoms with Crippen molar-refractivity contribution in [2.75, 3.05) is 13.2 Å². The van der Waals surface area contributed by atoms with E-state index in [4.69, 9.17) is 14.2 Å². The maximum atomic E-state index is 12.6. The fourth-order valence-electron chi connectivity index (χ4n) is 3.37. The quantitative estimate of drug-likeness (QED) is 0.700. The minimum absolute atomic E-state index is 0.213. The summed E-state index contributed by atoms with van der Waals surface area (Å²) in [5, 5.41) is 4.26. The normalized spacial score (nSPS) is 22.0. The van der Waals surface area contributed by atoms with E-state index in [9.17, 15) is 4.79 Å². The lowest BCUT2D eigenvalue weighted by Crippen LogP contribution is -2.21. The van der Waals surface area contributed by atoms with Gasteiger partial charge in [-0.2, -0.15) is 5.10 Å². The number of aromatic nitrogens is 2. The van der Waals surface area contributed by atoms with Crippen LogP contribution in [0.3, 0.4) is 0 Å². The van der Waals surface area contributed by atoms with Crippen molar-refractivity contribution >= 4 is 5.97 Å². The molecule has 6 nitrogen and oxygen atoms in total. The maximum absolute atomic E-state index is 12.6. The van der Waals surface area contributed by atoms with Crippen molar-refractivity contribution in [2.45, 2.75) is 38.9 Å². The number of rotatable bonds is 7. The molecule has 1 aliphatic carbocycles. The van der Waals surface area contributed by atoms with Crippen LogP contribution in [0.15, 0.2) is 30.5 Å². The molecule has 27 heavy (non-hydrogen) atoms. The minimum atomic E-state index is -0.283. The van der Waals surface area contributed by atoms with E-state index < -0.39 is 0 Å². The van der Waals surface area contributed by atoms with Crippen molar-refractivity contribution in [3.63, 3.8) is 0 Å². The molecule has 2 aromatic rings. The fourth-order valence-corrected chi connectivity index (χ4v) is 3.37. The summed E-state index contributed by atoms with van der Waals surface area (Å²) in [6.45, 7) is 3.60. The van der Waals surface area contributed by atoms with Crippen molar-refractivity contribution < 1.29 is 19.0 Å². The first-order valence-corrected chi connectivity index (χ1v) is 9.60. The molecule has 0 N–H and O–H groups in total. The van der Waals surface area contributed by atoms with E-state index in [0.717, 1.165) is 35.1 Å². The highest BCUT2D eigenvalue weighted by atomic mass is 16.5. The van der Waals surface area contributed by atoms with Gasteiger partial charge in [0.2, 0.25) is 0 Å². The average Bonchev–Trinajstić information content (AvgIpc) is 3.29. The zero-order valence-electron chi connectivity index (χ0n) is 15.9. The number of ether oxygens (including phenoxy) is 3. The highest BCUT2D eigenvalue weighted by Crippen LogP contribution is 2.37. The molecule has 0 unspecified atom stereocenters. The molecule has 4 rings (SSSR count). The molecule has 1 aromatic carbocycles. The molecular formula is C21H26N2O4. The van der Waals surface area contributed by atoms with Gasteiger partial charge in [0.05, 0.1) is 24.8 Å². The lowest BCUT2D eigenvalue weighted by atomic mass is 9.96. The van der Waals surface area contributed by atoms with Crippen LogP contribution in [0, 0.1) is 18.8 Å². The standard InChI is InChI=1S/C21H26N2O4/c1-14-19(11-22-23(14)2)20-18(9-10-25-20)21(24)27-13-16-5-7-17(8-6-16)26-12-15-3-4-15/h5-8,11,15,18,20H,3-4,9-10,12-13H2,1-2H3/t18-,20-/m0/s1. The summed E-state index contributed by atoms with van der Waals surface area (Å²) in [4.78, 5) is 12.6. The summed E-state index contributed by atoms with van der Waals surface area (Å²) in [6.07, 6.45) is 4.73. The van der Waals surface area contributed by atoms with Gasteiger partial charge in [-0.05, 0) is 49.8 Å².